The lowest BCUT2D eigenvalue weighted by Crippen LogP contribution is -2.48. The van der Waals surface area contributed by atoms with Gasteiger partial charge in [0.15, 0.2) is 11.5 Å². The fraction of sp³-hybridized carbons (Fsp3) is 0.567. The first-order valence-corrected chi connectivity index (χ1v) is 13.8. The van der Waals surface area contributed by atoms with Crippen molar-refractivity contribution in [2.45, 2.75) is 98.1 Å². The van der Waals surface area contributed by atoms with Gasteiger partial charge >= 0.3 is 6.09 Å². The van der Waals surface area contributed by atoms with Crippen LogP contribution in [0, 0.1) is 26.7 Å². The third-order valence-corrected chi connectivity index (χ3v) is 7.63. The predicted octanol–water partition coefficient (Wildman–Crippen LogP) is 4.81. The third kappa shape index (κ3) is 6.21. The second kappa shape index (κ2) is 11.1. The van der Waals surface area contributed by atoms with Gasteiger partial charge in [0.1, 0.15) is 5.60 Å². The summed E-state index contributed by atoms with van der Waals surface area (Å²) in [5.41, 5.74) is 2.34. The van der Waals surface area contributed by atoms with Gasteiger partial charge in [-0.25, -0.2) is 4.79 Å². The number of aromatic amines is 1. The van der Waals surface area contributed by atoms with E-state index in [0.29, 0.717) is 33.9 Å². The van der Waals surface area contributed by atoms with Crippen molar-refractivity contribution >= 4 is 12.0 Å². The number of pyridine rings is 1. The van der Waals surface area contributed by atoms with Gasteiger partial charge in [-0.1, -0.05) is 0 Å². The zero-order valence-electron chi connectivity index (χ0n) is 24.7. The average molecular weight is 556 g/mol. The standard InChI is InChI=1S/C30H41N3O7/c1-16-13-17(2)32-27(35)22(16)15-31-26(34)21-14-23(37-8)25-24(18(21)3)38-30(7,39-25)19-9-11-20(12-10-19)33-28(36)40-29(4,5)6/h13-14,19-20H,9-12,15H2,1-8H3,(H,31,34)(H,32,35)(H,33,36)/t19-,20-,30?. The highest BCUT2D eigenvalue weighted by Crippen LogP contribution is 2.52. The molecule has 2 heterocycles. The van der Waals surface area contributed by atoms with Gasteiger partial charge in [-0.2, -0.15) is 0 Å². The summed E-state index contributed by atoms with van der Waals surface area (Å²) < 4.78 is 23.8. The Labute approximate surface area is 235 Å². The number of carbonyl (C=O) groups excluding carboxylic acids is 2. The lowest BCUT2D eigenvalue weighted by Gasteiger charge is -2.37. The number of benzene rings is 1. The Morgan fingerprint density at radius 2 is 1.73 bits per heavy atom. The second-order valence-corrected chi connectivity index (χ2v) is 12.0. The Morgan fingerprint density at radius 3 is 2.33 bits per heavy atom. The van der Waals surface area contributed by atoms with Gasteiger partial charge in [-0.15, -0.1) is 0 Å². The Morgan fingerprint density at radius 1 is 1.07 bits per heavy atom. The number of nitrogens with one attached hydrogen (secondary N) is 3. The Kier molecular flexibility index (Phi) is 8.10. The predicted molar refractivity (Wildman–Crippen MR) is 150 cm³/mol. The number of fused-ring (bicyclic) bond motifs is 1. The zero-order valence-corrected chi connectivity index (χ0v) is 24.7. The van der Waals surface area contributed by atoms with E-state index in [1.165, 1.54) is 7.11 Å². The Balaban J connectivity index is 1.46. The summed E-state index contributed by atoms with van der Waals surface area (Å²) in [7, 11) is 1.52. The van der Waals surface area contributed by atoms with Crippen LogP contribution in [0.15, 0.2) is 16.9 Å². The molecule has 2 amide bonds. The van der Waals surface area contributed by atoms with Gasteiger partial charge in [0.2, 0.25) is 5.75 Å². The summed E-state index contributed by atoms with van der Waals surface area (Å²) in [6.45, 7) is 13.0. The summed E-state index contributed by atoms with van der Waals surface area (Å²) in [6.07, 6.45) is 2.69. The molecule has 40 heavy (non-hydrogen) atoms. The van der Waals surface area contributed by atoms with Crippen LogP contribution in [0.3, 0.4) is 0 Å². The molecule has 10 nitrogen and oxygen atoms in total. The molecule has 1 aromatic heterocycles. The molecule has 1 unspecified atom stereocenters. The number of hydrogen-bond donors (Lipinski definition) is 3. The van der Waals surface area contributed by atoms with E-state index in [2.05, 4.69) is 15.6 Å². The Bertz CT molecular complexity index is 1350. The van der Waals surface area contributed by atoms with Crippen LogP contribution < -0.4 is 30.4 Å². The maximum atomic E-state index is 13.3. The minimum absolute atomic E-state index is 0.0226. The molecule has 1 saturated carbocycles. The van der Waals surface area contributed by atoms with Crippen molar-refractivity contribution in [3.05, 3.63) is 50.4 Å². The van der Waals surface area contributed by atoms with Crippen molar-refractivity contribution in [1.29, 1.82) is 0 Å². The van der Waals surface area contributed by atoms with Crippen molar-refractivity contribution in [2.24, 2.45) is 5.92 Å². The molecule has 1 atom stereocenters. The van der Waals surface area contributed by atoms with E-state index >= 15 is 0 Å². The first-order chi connectivity index (χ1) is 18.7. The fourth-order valence-electron chi connectivity index (χ4n) is 5.51. The summed E-state index contributed by atoms with van der Waals surface area (Å²) in [6, 6.07) is 3.54. The molecule has 1 aromatic carbocycles. The van der Waals surface area contributed by atoms with Gasteiger partial charge in [0.25, 0.3) is 17.3 Å². The number of aromatic nitrogens is 1. The van der Waals surface area contributed by atoms with E-state index in [1.807, 2.05) is 54.5 Å². The highest BCUT2D eigenvalue weighted by atomic mass is 16.7. The average Bonchev–Trinajstić information content (AvgIpc) is 3.22. The number of alkyl carbamates (subject to hydrolysis) is 1. The number of carbonyl (C=O) groups is 2. The van der Waals surface area contributed by atoms with Crippen LogP contribution in [-0.4, -0.2) is 41.5 Å². The molecular weight excluding hydrogens is 514 g/mol. The van der Waals surface area contributed by atoms with Crippen LogP contribution in [0.5, 0.6) is 17.2 Å². The zero-order chi connectivity index (χ0) is 29.4. The van der Waals surface area contributed by atoms with Crippen LogP contribution >= 0.6 is 0 Å². The highest BCUT2D eigenvalue weighted by molar-refractivity contribution is 5.97. The molecule has 4 rings (SSSR count). The minimum Gasteiger partial charge on any atom is -0.493 e. The molecule has 0 bridgehead atoms. The van der Waals surface area contributed by atoms with Gasteiger partial charge in [0, 0.05) is 47.8 Å². The first kappa shape index (κ1) is 29.3. The molecule has 3 N–H and O–H groups in total. The van der Waals surface area contributed by atoms with Crippen LogP contribution in [0.4, 0.5) is 4.79 Å². The van der Waals surface area contributed by atoms with Crippen molar-refractivity contribution in [1.82, 2.24) is 15.6 Å². The normalized spacial score (nSPS) is 22.0. The molecule has 0 radical (unpaired) electrons. The quantitative estimate of drug-likeness (QED) is 0.467. The maximum Gasteiger partial charge on any atom is 0.407 e. The van der Waals surface area contributed by atoms with Crippen molar-refractivity contribution in [3.8, 4) is 17.2 Å². The second-order valence-electron chi connectivity index (χ2n) is 12.0. The number of aryl methyl sites for hydroxylation is 2. The van der Waals surface area contributed by atoms with Crippen molar-refractivity contribution < 1.29 is 28.5 Å². The summed E-state index contributed by atoms with van der Waals surface area (Å²) in [5.74, 6) is 0.125. The summed E-state index contributed by atoms with van der Waals surface area (Å²) >= 11 is 0. The van der Waals surface area contributed by atoms with E-state index in [9.17, 15) is 14.4 Å². The summed E-state index contributed by atoms with van der Waals surface area (Å²) in [4.78, 5) is 40.6. The van der Waals surface area contributed by atoms with Crippen molar-refractivity contribution in [3.63, 3.8) is 0 Å². The Hall–Kier alpha value is -3.69. The molecule has 2 aromatic rings. The molecule has 2 aliphatic rings. The van der Waals surface area contributed by atoms with E-state index in [0.717, 1.165) is 36.9 Å². The first-order valence-electron chi connectivity index (χ1n) is 13.8. The van der Waals surface area contributed by atoms with Gasteiger partial charge in [-0.05, 0) is 84.9 Å². The van der Waals surface area contributed by atoms with Crippen LogP contribution in [0.1, 0.15) is 86.1 Å². The summed E-state index contributed by atoms with van der Waals surface area (Å²) in [5, 5.41) is 5.83. The number of hydrogen-bond acceptors (Lipinski definition) is 7. The number of ether oxygens (including phenoxy) is 4. The molecule has 1 fully saturated rings. The number of H-pyrrole nitrogens is 1. The van der Waals surface area contributed by atoms with Crippen molar-refractivity contribution in [2.75, 3.05) is 7.11 Å². The van der Waals surface area contributed by atoms with Gasteiger partial charge in [0.05, 0.1) is 7.11 Å². The van der Waals surface area contributed by atoms with E-state index in [1.54, 1.807) is 6.07 Å². The topological polar surface area (TPSA) is 128 Å². The van der Waals surface area contributed by atoms with Crippen LogP contribution in [-0.2, 0) is 11.3 Å². The molecule has 1 aliphatic heterocycles. The monoisotopic (exact) mass is 555 g/mol. The number of rotatable bonds is 6. The third-order valence-electron chi connectivity index (χ3n) is 7.63. The molecule has 0 saturated heterocycles. The molecule has 0 spiro atoms. The highest BCUT2D eigenvalue weighted by Gasteiger charge is 2.48. The smallest absolute Gasteiger partial charge is 0.407 e. The number of amides is 2. The van der Waals surface area contributed by atoms with Crippen LogP contribution in [0.2, 0.25) is 0 Å². The lowest BCUT2D eigenvalue weighted by molar-refractivity contribution is -0.121. The largest absolute Gasteiger partial charge is 0.493 e. The van der Waals surface area contributed by atoms with E-state index in [-0.39, 0.29) is 30.0 Å². The number of methoxy groups -OCH3 is 1. The SMILES string of the molecule is COc1cc(C(=O)NCc2c(C)cc(C)[nH]c2=O)c(C)c2c1OC(C)([C@H]1CC[C@H](NC(=O)OC(C)(C)C)CC1)O2. The van der Waals surface area contributed by atoms with Crippen LogP contribution in [0.25, 0.3) is 0 Å². The van der Waals surface area contributed by atoms with Gasteiger partial charge in [-0.3, -0.25) is 9.59 Å². The van der Waals surface area contributed by atoms with E-state index in [4.69, 9.17) is 18.9 Å². The lowest BCUT2D eigenvalue weighted by atomic mass is 9.81. The molecule has 218 valence electrons. The molecule has 10 heteroatoms. The van der Waals surface area contributed by atoms with E-state index < -0.39 is 17.5 Å². The minimum atomic E-state index is -0.946. The van der Waals surface area contributed by atoms with Gasteiger partial charge < -0.3 is 34.6 Å². The molecular formula is C30H41N3O7. The maximum absolute atomic E-state index is 13.3. The molecule has 1 aliphatic carbocycles. The fourth-order valence-corrected chi connectivity index (χ4v) is 5.51.